The summed E-state index contributed by atoms with van der Waals surface area (Å²) in [6, 6.07) is 5.65. The van der Waals surface area contributed by atoms with E-state index >= 15 is 0 Å². The van der Waals surface area contributed by atoms with E-state index in [0.29, 0.717) is 5.76 Å². The van der Waals surface area contributed by atoms with Crippen LogP contribution in [0.15, 0.2) is 33.4 Å². The first-order chi connectivity index (χ1) is 6.81. The van der Waals surface area contributed by atoms with Crippen LogP contribution >= 0.6 is 11.3 Å². The molecule has 0 amide bonds. The summed E-state index contributed by atoms with van der Waals surface area (Å²) in [5.74, 6) is 1.54. The molecule has 2 aromatic rings. The van der Waals surface area contributed by atoms with Gasteiger partial charge in [0.15, 0.2) is 0 Å². The molecule has 0 aromatic carbocycles. The molecule has 2 rings (SSSR count). The smallest absolute Gasteiger partial charge is 0.137 e. The fraction of sp³-hybridized carbons (Fsp3) is 0.273. The first kappa shape index (κ1) is 9.49. The molecule has 0 fully saturated rings. The zero-order chi connectivity index (χ0) is 9.97. The molecule has 2 nitrogen and oxygen atoms in total. The normalized spacial score (nSPS) is 13.0. The van der Waals surface area contributed by atoms with Crippen LogP contribution in [0.5, 0.6) is 0 Å². The number of furan rings is 1. The first-order valence-corrected chi connectivity index (χ1v) is 5.54. The zero-order valence-electron chi connectivity index (χ0n) is 7.93. The Morgan fingerprint density at radius 1 is 1.43 bits per heavy atom. The van der Waals surface area contributed by atoms with Gasteiger partial charge in [0.25, 0.3) is 0 Å². The SMILES string of the molecule is CCc1ccc(C(O)c2ccsc2)o1. The summed E-state index contributed by atoms with van der Waals surface area (Å²) in [6.45, 7) is 2.03. The monoisotopic (exact) mass is 208 g/mol. The molecule has 0 aliphatic rings. The fourth-order valence-electron chi connectivity index (χ4n) is 1.33. The number of rotatable bonds is 3. The van der Waals surface area contributed by atoms with Crippen molar-refractivity contribution in [3.63, 3.8) is 0 Å². The molecule has 3 heteroatoms. The van der Waals surface area contributed by atoms with Gasteiger partial charge in [0.05, 0.1) is 0 Å². The summed E-state index contributed by atoms with van der Waals surface area (Å²) in [7, 11) is 0. The van der Waals surface area contributed by atoms with E-state index in [1.807, 2.05) is 35.9 Å². The molecular weight excluding hydrogens is 196 g/mol. The van der Waals surface area contributed by atoms with Crippen molar-refractivity contribution in [1.29, 1.82) is 0 Å². The lowest BCUT2D eigenvalue weighted by atomic mass is 10.1. The van der Waals surface area contributed by atoms with E-state index in [9.17, 15) is 5.11 Å². The van der Waals surface area contributed by atoms with Crippen LogP contribution in [0, 0.1) is 0 Å². The Bertz CT molecular complexity index is 389. The molecule has 0 saturated carbocycles. The number of aliphatic hydroxyl groups is 1. The van der Waals surface area contributed by atoms with Crippen LogP contribution in [-0.2, 0) is 6.42 Å². The van der Waals surface area contributed by atoms with Gasteiger partial charge in [0, 0.05) is 6.42 Å². The summed E-state index contributed by atoms with van der Waals surface area (Å²) in [4.78, 5) is 0. The molecule has 1 unspecified atom stereocenters. The highest BCUT2D eigenvalue weighted by Crippen LogP contribution is 2.25. The molecule has 0 bridgehead atoms. The van der Waals surface area contributed by atoms with Crippen molar-refractivity contribution in [2.45, 2.75) is 19.4 Å². The molecule has 1 N–H and O–H groups in total. The van der Waals surface area contributed by atoms with Gasteiger partial charge in [-0.25, -0.2) is 0 Å². The number of aryl methyl sites for hydroxylation is 1. The van der Waals surface area contributed by atoms with E-state index in [1.54, 1.807) is 11.3 Å². The van der Waals surface area contributed by atoms with Crippen LogP contribution in [0.3, 0.4) is 0 Å². The zero-order valence-corrected chi connectivity index (χ0v) is 8.75. The highest BCUT2D eigenvalue weighted by Gasteiger charge is 2.14. The van der Waals surface area contributed by atoms with Gasteiger partial charge < -0.3 is 9.52 Å². The third-order valence-corrected chi connectivity index (χ3v) is 2.86. The number of thiophene rings is 1. The Morgan fingerprint density at radius 3 is 2.86 bits per heavy atom. The lowest BCUT2D eigenvalue weighted by molar-refractivity contribution is 0.187. The molecule has 0 spiro atoms. The average Bonchev–Trinajstić information content (AvgIpc) is 2.88. The number of hydrogen-bond acceptors (Lipinski definition) is 3. The van der Waals surface area contributed by atoms with Gasteiger partial charge in [-0.2, -0.15) is 11.3 Å². The maximum absolute atomic E-state index is 9.90. The van der Waals surface area contributed by atoms with Gasteiger partial charge in [-0.05, 0) is 34.5 Å². The Balaban J connectivity index is 2.23. The highest BCUT2D eigenvalue weighted by atomic mass is 32.1. The van der Waals surface area contributed by atoms with E-state index in [1.165, 1.54) is 0 Å². The Labute approximate surface area is 86.8 Å². The van der Waals surface area contributed by atoms with Crippen molar-refractivity contribution >= 4 is 11.3 Å². The molecule has 74 valence electrons. The van der Waals surface area contributed by atoms with Crippen molar-refractivity contribution in [1.82, 2.24) is 0 Å². The quantitative estimate of drug-likeness (QED) is 0.841. The van der Waals surface area contributed by atoms with Crippen molar-refractivity contribution in [3.05, 3.63) is 46.0 Å². The van der Waals surface area contributed by atoms with Gasteiger partial charge in [-0.1, -0.05) is 6.92 Å². The minimum atomic E-state index is -0.624. The third-order valence-electron chi connectivity index (χ3n) is 2.16. The van der Waals surface area contributed by atoms with Crippen LogP contribution in [0.1, 0.15) is 30.1 Å². The Hall–Kier alpha value is -1.06. The van der Waals surface area contributed by atoms with Gasteiger partial charge in [-0.3, -0.25) is 0 Å². The Morgan fingerprint density at radius 2 is 2.29 bits per heavy atom. The lowest BCUT2D eigenvalue weighted by Gasteiger charge is -2.04. The van der Waals surface area contributed by atoms with Crippen LogP contribution in [0.25, 0.3) is 0 Å². The minimum Gasteiger partial charge on any atom is -0.463 e. The van der Waals surface area contributed by atoms with Crippen LogP contribution in [-0.4, -0.2) is 5.11 Å². The maximum atomic E-state index is 9.90. The molecule has 1 atom stereocenters. The van der Waals surface area contributed by atoms with Crippen LogP contribution < -0.4 is 0 Å². The van der Waals surface area contributed by atoms with Gasteiger partial charge in [0.2, 0.25) is 0 Å². The maximum Gasteiger partial charge on any atom is 0.137 e. The van der Waals surface area contributed by atoms with Crippen LogP contribution in [0.4, 0.5) is 0 Å². The van der Waals surface area contributed by atoms with Crippen molar-refractivity contribution < 1.29 is 9.52 Å². The second-order valence-electron chi connectivity index (χ2n) is 3.12. The van der Waals surface area contributed by atoms with E-state index in [0.717, 1.165) is 17.7 Å². The molecule has 0 aliphatic heterocycles. The van der Waals surface area contributed by atoms with E-state index in [4.69, 9.17) is 4.42 Å². The second-order valence-corrected chi connectivity index (χ2v) is 3.90. The van der Waals surface area contributed by atoms with Gasteiger partial charge in [0.1, 0.15) is 17.6 Å². The minimum absolute atomic E-state index is 0.624. The third kappa shape index (κ3) is 1.74. The van der Waals surface area contributed by atoms with Gasteiger partial charge in [-0.15, -0.1) is 0 Å². The molecular formula is C11H12O2S. The van der Waals surface area contributed by atoms with Crippen molar-refractivity contribution in [2.75, 3.05) is 0 Å². The predicted octanol–water partition coefficient (Wildman–Crippen LogP) is 2.99. The van der Waals surface area contributed by atoms with Gasteiger partial charge >= 0.3 is 0 Å². The fourth-order valence-corrected chi connectivity index (χ4v) is 2.01. The molecule has 14 heavy (non-hydrogen) atoms. The average molecular weight is 208 g/mol. The number of hydrogen-bond donors (Lipinski definition) is 1. The van der Waals surface area contributed by atoms with E-state index in [-0.39, 0.29) is 0 Å². The summed E-state index contributed by atoms with van der Waals surface area (Å²) < 4.78 is 5.47. The molecule has 0 saturated heterocycles. The largest absolute Gasteiger partial charge is 0.463 e. The topological polar surface area (TPSA) is 33.4 Å². The van der Waals surface area contributed by atoms with Crippen molar-refractivity contribution in [3.8, 4) is 0 Å². The first-order valence-electron chi connectivity index (χ1n) is 4.60. The Kier molecular flexibility index (Phi) is 2.70. The lowest BCUT2D eigenvalue weighted by Crippen LogP contribution is -1.95. The van der Waals surface area contributed by atoms with Crippen LogP contribution in [0.2, 0.25) is 0 Å². The van der Waals surface area contributed by atoms with E-state index in [2.05, 4.69) is 0 Å². The summed E-state index contributed by atoms with van der Waals surface area (Å²) >= 11 is 1.57. The summed E-state index contributed by atoms with van der Waals surface area (Å²) in [5.41, 5.74) is 0.895. The molecule has 0 radical (unpaired) electrons. The van der Waals surface area contributed by atoms with E-state index < -0.39 is 6.10 Å². The highest BCUT2D eigenvalue weighted by molar-refractivity contribution is 7.07. The van der Waals surface area contributed by atoms with Crippen molar-refractivity contribution in [2.24, 2.45) is 0 Å². The second kappa shape index (κ2) is 3.98. The molecule has 0 aliphatic carbocycles. The molecule has 2 aromatic heterocycles. The standard InChI is InChI=1S/C11H12O2S/c1-2-9-3-4-10(13-9)11(12)8-5-6-14-7-8/h3-7,11-12H,2H2,1H3. The summed E-state index contributed by atoms with van der Waals surface area (Å²) in [6.07, 6.45) is 0.234. The molecule has 2 heterocycles. The number of aliphatic hydroxyl groups excluding tert-OH is 1. The predicted molar refractivity (Wildman–Crippen MR) is 56.5 cm³/mol. The summed E-state index contributed by atoms with van der Waals surface area (Å²) in [5, 5.41) is 13.8.